The summed E-state index contributed by atoms with van der Waals surface area (Å²) < 4.78 is 11.3. The molecule has 1 heterocycles. The molecule has 5 nitrogen and oxygen atoms in total. The van der Waals surface area contributed by atoms with Gasteiger partial charge in [-0.1, -0.05) is 12.1 Å². The first-order valence-electron chi connectivity index (χ1n) is 6.71. The summed E-state index contributed by atoms with van der Waals surface area (Å²) in [6.07, 6.45) is 2.33. The molecule has 1 aromatic rings. The van der Waals surface area contributed by atoms with Crippen LogP contribution < -0.4 is 20.1 Å². The molecule has 0 spiro atoms. The number of fused-ring (bicyclic) bond motifs is 1. The number of rotatable bonds is 4. The fourth-order valence-electron chi connectivity index (χ4n) is 1.99. The van der Waals surface area contributed by atoms with Gasteiger partial charge in [-0.05, 0) is 30.9 Å². The van der Waals surface area contributed by atoms with E-state index in [0.717, 1.165) is 18.0 Å². The zero-order valence-electron chi connectivity index (χ0n) is 10.7. The summed E-state index contributed by atoms with van der Waals surface area (Å²) in [5.41, 5.74) is 0. The highest BCUT2D eigenvalue weighted by molar-refractivity contribution is 5.73. The number of benzene rings is 1. The summed E-state index contributed by atoms with van der Waals surface area (Å²) in [6, 6.07) is 7.43. The monoisotopic (exact) mass is 262 g/mol. The molecule has 0 aromatic heterocycles. The molecule has 0 bridgehead atoms. The molecule has 5 heteroatoms. The first kappa shape index (κ1) is 12.1. The third-order valence-electron chi connectivity index (χ3n) is 3.31. The van der Waals surface area contributed by atoms with Crippen molar-refractivity contribution in [2.75, 3.05) is 19.7 Å². The van der Waals surface area contributed by atoms with Crippen LogP contribution in [0.5, 0.6) is 11.5 Å². The molecule has 1 aliphatic heterocycles. The molecule has 0 unspecified atom stereocenters. The number of carbonyl (C=O) groups excluding carboxylic acids is 1. The fraction of sp³-hybridized carbons (Fsp3) is 0.500. The topological polar surface area (TPSA) is 59.6 Å². The number of carbonyl (C=O) groups is 1. The van der Waals surface area contributed by atoms with Gasteiger partial charge < -0.3 is 20.1 Å². The molecule has 2 aliphatic rings. The second kappa shape index (κ2) is 5.38. The Hall–Kier alpha value is -1.91. The van der Waals surface area contributed by atoms with E-state index in [1.807, 2.05) is 24.3 Å². The number of nitrogens with one attached hydrogen (secondary N) is 2. The SMILES string of the molecule is O=C(NCC1CC1)NC[C@H]1COc2ccccc2O1. The van der Waals surface area contributed by atoms with Crippen molar-refractivity contribution in [2.45, 2.75) is 18.9 Å². The van der Waals surface area contributed by atoms with Crippen LogP contribution in [0.4, 0.5) is 4.79 Å². The minimum absolute atomic E-state index is 0.130. The highest BCUT2D eigenvalue weighted by atomic mass is 16.6. The minimum atomic E-state index is -0.137. The van der Waals surface area contributed by atoms with Crippen LogP contribution >= 0.6 is 0 Å². The normalized spacial score (nSPS) is 20.7. The third-order valence-corrected chi connectivity index (χ3v) is 3.31. The van der Waals surface area contributed by atoms with Crippen LogP contribution in [0.25, 0.3) is 0 Å². The second-order valence-electron chi connectivity index (χ2n) is 5.03. The van der Waals surface area contributed by atoms with Gasteiger partial charge in [0.15, 0.2) is 17.6 Å². The van der Waals surface area contributed by atoms with Gasteiger partial charge in [0.1, 0.15) is 6.61 Å². The highest BCUT2D eigenvalue weighted by Gasteiger charge is 2.23. The van der Waals surface area contributed by atoms with Gasteiger partial charge in [0.25, 0.3) is 0 Å². The van der Waals surface area contributed by atoms with E-state index < -0.39 is 0 Å². The molecular formula is C14H18N2O3. The number of para-hydroxylation sites is 2. The molecule has 1 aromatic carbocycles. The zero-order chi connectivity index (χ0) is 13.1. The summed E-state index contributed by atoms with van der Waals surface area (Å²) in [5, 5.41) is 5.67. The Morgan fingerprint density at radius 3 is 2.68 bits per heavy atom. The number of ether oxygens (including phenoxy) is 2. The molecular weight excluding hydrogens is 244 g/mol. The van der Waals surface area contributed by atoms with Crippen LogP contribution in [0.2, 0.25) is 0 Å². The second-order valence-corrected chi connectivity index (χ2v) is 5.03. The summed E-state index contributed by atoms with van der Waals surface area (Å²) in [7, 11) is 0. The van der Waals surface area contributed by atoms with Crippen molar-refractivity contribution in [3.63, 3.8) is 0 Å². The van der Waals surface area contributed by atoms with Gasteiger partial charge in [-0.25, -0.2) is 4.79 Å². The molecule has 2 amide bonds. The van der Waals surface area contributed by atoms with E-state index in [0.29, 0.717) is 19.1 Å². The quantitative estimate of drug-likeness (QED) is 0.865. The van der Waals surface area contributed by atoms with Crippen molar-refractivity contribution < 1.29 is 14.3 Å². The van der Waals surface area contributed by atoms with Gasteiger partial charge in [-0.15, -0.1) is 0 Å². The standard InChI is InChI=1S/C14H18N2O3/c17-14(15-7-10-5-6-10)16-8-11-9-18-12-3-1-2-4-13(12)19-11/h1-4,10-11H,5-9H2,(H2,15,16,17)/t11-/m0/s1. The van der Waals surface area contributed by atoms with Gasteiger partial charge in [-0.3, -0.25) is 0 Å². The fourth-order valence-corrected chi connectivity index (χ4v) is 1.99. The molecule has 19 heavy (non-hydrogen) atoms. The Morgan fingerprint density at radius 1 is 1.16 bits per heavy atom. The maximum Gasteiger partial charge on any atom is 0.314 e. The van der Waals surface area contributed by atoms with Gasteiger partial charge in [0.2, 0.25) is 0 Å². The summed E-state index contributed by atoms with van der Waals surface area (Å²) in [4.78, 5) is 11.5. The third kappa shape index (κ3) is 3.30. The van der Waals surface area contributed by atoms with E-state index in [-0.39, 0.29) is 12.1 Å². The summed E-state index contributed by atoms with van der Waals surface area (Å²) in [6.45, 7) is 1.68. The number of amides is 2. The molecule has 1 saturated carbocycles. The van der Waals surface area contributed by atoms with E-state index in [1.165, 1.54) is 12.8 Å². The van der Waals surface area contributed by atoms with Crippen molar-refractivity contribution >= 4 is 6.03 Å². The molecule has 2 N–H and O–H groups in total. The lowest BCUT2D eigenvalue weighted by molar-refractivity contribution is 0.0918. The molecule has 1 fully saturated rings. The smallest absolute Gasteiger partial charge is 0.314 e. The van der Waals surface area contributed by atoms with Crippen molar-refractivity contribution in [3.05, 3.63) is 24.3 Å². The van der Waals surface area contributed by atoms with Crippen LogP contribution in [0.1, 0.15) is 12.8 Å². The predicted octanol–water partition coefficient (Wildman–Crippen LogP) is 1.54. The largest absolute Gasteiger partial charge is 0.486 e. The molecule has 1 aliphatic carbocycles. The van der Waals surface area contributed by atoms with Crippen LogP contribution in [-0.2, 0) is 0 Å². The van der Waals surface area contributed by atoms with E-state index >= 15 is 0 Å². The average Bonchev–Trinajstić information content (AvgIpc) is 3.27. The lowest BCUT2D eigenvalue weighted by atomic mass is 10.2. The molecule has 1 atom stereocenters. The van der Waals surface area contributed by atoms with Crippen LogP contribution in [-0.4, -0.2) is 31.8 Å². The minimum Gasteiger partial charge on any atom is -0.486 e. The average molecular weight is 262 g/mol. The van der Waals surface area contributed by atoms with Crippen molar-refractivity contribution in [1.82, 2.24) is 10.6 Å². The van der Waals surface area contributed by atoms with E-state index in [1.54, 1.807) is 0 Å². The number of hydrogen-bond acceptors (Lipinski definition) is 3. The summed E-state index contributed by atoms with van der Waals surface area (Å²) in [5.74, 6) is 2.18. The lowest BCUT2D eigenvalue weighted by Crippen LogP contribution is -2.44. The Labute approximate surface area is 112 Å². The van der Waals surface area contributed by atoms with Crippen molar-refractivity contribution in [3.8, 4) is 11.5 Å². The number of urea groups is 1. The maximum absolute atomic E-state index is 11.5. The first-order valence-corrected chi connectivity index (χ1v) is 6.71. The van der Waals surface area contributed by atoms with Crippen LogP contribution in [0, 0.1) is 5.92 Å². The highest BCUT2D eigenvalue weighted by Crippen LogP contribution is 2.30. The van der Waals surface area contributed by atoms with Crippen LogP contribution in [0.3, 0.4) is 0 Å². The maximum atomic E-state index is 11.5. The van der Waals surface area contributed by atoms with E-state index in [4.69, 9.17) is 9.47 Å². The van der Waals surface area contributed by atoms with Gasteiger partial charge >= 0.3 is 6.03 Å². The Bertz CT molecular complexity index is 460. The lowest BCUT2D eigenvalue weighted by Gasteiger charge is -2.26. The van der Waals surface area contributed by atoms with Crippen molar-refractivity contribution in [1.29, 1.82) is 0 Å². The molecule has 0 saturated heterocycles. The van der Waals surface area contributed by atoms with Gasteiger partial charge in [0.05, 0.1) is 6.54 Å². The van der Waals surface area contributed by atoms with E-state index in [9.17, 15) is 4.79 Å². The molecule has 102 valence electrons. The Kier molecular flexibility index (Phi) is 3.44. The van der Waals surface area contributed by atoms with Crippen LogP contribution in [0.15, 0.2) is 24.3 Å². The Morgan fingerprint density at radius 2 is 1.89 bits per heavy atom. The van der Waals surface area contributed by atoms with Gasteiger partial charge in [0, 0.05) is 6.54 Å². The number of hydrogen-bond donors (Lipinski definition) is 2. The van der Waals surface area contributed by atoms with Gasteiger partial charge in [-0.2, -0.15) is 0 Å². The van der Waals surface area contributed by atoms with E-state index in [2.05, 4.69) is 10.6 Å². The molecule has 3 rings (SSSR count). The first-order chi connectivity index (χ1) is 9.31. The Balaban J connectivity index is 1.42. The zero-order valence-corrected chi connectivity index (χ0v) is 10.7. The van der Waals surface area contributed by atoms with Crippen molar-refractivity contribution in [2.24, 2.45) is 5.92 Å². The predicted molar refractivity (Wildman–Crippen MR) is 70.5 cm³/mol. The molecule has 0 radical (unpaired) electrons. The summed E-state index contributed by atoms with van der Waals surface area (Å²) >= 11 is 0.